The van der Waals surface area contributed by atoms with Gasteiger partial charge in [-0.2, -0.15) is 0 Å². The topological polar surface area (TPSA) is 61.9 Å². The Hall–Kier alpha value is -1.30. The third-order valence-electron chi connectivity index (χ3n) is 2.68. The van der Waals surface area contributed by atoms with Crippen molar-refractivity contribution in [1.82, 2.24) is 15.1 Å². The molecule has 6 heteroatoms. The van der Waals surface area contributed by atoms with Gasteiger partial charge in [-0.15, -0.1) is 0 Å². The van der Waals surface area contributed by atoms with E-state index in [1.165, 1.54) is 0 Å². The Kier molecular flexibility index (Phi) is 5.76. The zero-order chi connectivity index (χ0) is 12.7. The first kappa shape index (κ1) is 13.8. The van der Waals surface area contributed by atoms with Gasteiger partial charge in [0.25, 0.3) is 0 Å². The van der Waals surface area contributed by atoms with Gasteiger partial charge in [0.15, 0.2) is 0 Å². The zero-order valence-corrected chi connectivity index (χ0v) is 10.6. The quantitative estimate of drug-likeness (QED) is 0.750. The summed E-state index contributed by atoms with van der Waals surface area (Å²) in [6, 6.07) is -0.0515. The first-order valence-corrected chi connectivity index (χ1v) is 6.07. The summed E-state index contributed by atoms with van der Waals surface area (Å²) in [4.78, 5) is 26.6. The van der Waals surface area contributed by atoms with Crippen LogP contribution in [0.15, 0.2) is 0 Å². The lowest BCUT2D eigenvalue weighted by atomic mass is 10.3. The van der Waals surface area contributed by atoms with Gasteiger partial charge in [0.05, 0.1) is 0 Å². The highest BCUT2D eigenvalue weighted by Crippen LogP contribution is 2.02. The predicted molar refractivity (Wildman–Crippen MR) is 63.7 cm³/mol. The van der Waals surface area contributed by atoms with E-state index in [1.807, 2.05) is 13.8 Å². The maximum atomic E-state index is 11.6. The van der Waals surface area contributed by atoms with Gasteiger partial charge >= 0.3 is 6.03 Å². The fraction of sp³-hybridized carbons (Fsp3) is 0.818. The highest BCUT2D eigenvalue weighted by Gasteiger charge is 2.23. The van der Waals surface area contributed by atoms with E-state index < -0.39 is 0 Å². The summed E-state index contributed by atoms with van der Waals surface area (Å²) >= 11 is 0. The molecule has 1 aliphatic heterocycles. The maximum absolute atomic E-state index is 11.6. The molecule has 98 valence electrons. The number of piperazine rings is 1. The Labute approximate surface area is 102 Å². The molecular formula is C11H21N3O3. The zero-order valence-electron chi connectivity index (χ0n) is 10.6. The molecule has 0 saturated carbocycles. The van der Waals surface area contributed by atoms with Crippen LogP contribution in [0.25, 0.3) is 0 Å². The van der Waals surface area contributed by atoms with Crippen molar-refractivity contribution in [2.24, 2.45) is 0 Å². The molecule has 0 radical (unpaired) electrons. The number of nitrogens with zero attached hydrogens (tertiary/aromatic N) is 2. The molecule has 6 nitrogen and oxygen atoms in total. The number of nitrogens with one attached hydrogen (secondary N) is 1. The highest BCUT2D eigenvalue weighted by atomic mass is 16.5. The SMILES string of the molecule is CCNC(=O)N1CCN(C(=O)COCC)CC1. The number of rotatable bonds is 4. The molecule has 0 spiro atoms. The average molecular weight is 243 g/mol. The standard InChI is InChI=1S/C11H21N3O3/c1-3-12-11(16)14-7-5-13(6-8-14)10(15)9-17-4-2/h3-9H2,1-2H3,(H,12,16). The molecule has 1 saturated heterocycles. The summed E-state index contributed by atoms with van der Waals surface area (Å²) in [5, 5.41) is 2.75. The van der Waals surface area contributed by atoms with Gasteiger partial charge in [0, 0.05) is 39.3 Å². The fourth-order valence-corrected chi connectivity index (χ4v) is 1.70. The maximum Gasteiger partial charge on any atom is 0.317 e. The van der Waals surface area contributed by atoms with E-state index >= 15 is 0 Å². The van der Waals surface area contributed by atoms with E-state index in [9.17, 15) is 9.59 Å². The third kappa shape index (κ3) is 4.22. The van der Waals surface area contributed by atoms with Crippen LogP contribution in [0.5, 0.6) is 0 Å². The summed E-state index contributed by atoms with van der Waals surface area (Å²) in [6.07, 6.45) is 0. The Balaban J connectivity index is 2.30. The number of ether oxygens (including phenoxy) is 1. The second-order valence-electron chi connectivity index (χ2n) is 3.84. The van der Waals surface area contributed by atoms with Crippen molar-refractivity contribution in [2.45, 2.75) is 13.8 Å². The molecule has 1 aliphatic rings. The molecule has 0 aliphatic carbocycles. The van der Waals surface area contributed by atoms with E-state index in [1.54, 1.807) is 9.80 Å². The molecular weight excluding hydrogens is 222 g/mol. The van der Waals surface area contributed by atoms with E-state index in [0.717, 1.165) is 0 Å². The molecule has 1 fully saturated rings. The largest absolute Gasteiger partial charge is 0.372 e. The lowest BCUT2D eigenvalue weighted by molar-refractivity contribution is -0.137. The van der Waals surface area contributed by atoms with Crippen LogP contribution in [-0.4, -0.2) is 67.7 Å². The van der Waals surface area contributed by atoms with Crippen molar-refractivity contribution in [3.8, 4) is 0 Å². The number of hydrogen-bond donors (Lipinski definition) is 1. The number of urea groups is 1. The molecule has 0 unspecified atom stereocenters. The van der Waals surface area contributed by atoms with E-state index in [4.69, 9.17) is 4.74 Å². The fourth-order valence-electron chi connectivity index (χ4n) is 1.70. The van der Waals surface area contributed by atoms with Crippen LogP contribution in [0.2, 0.25) is 0 Å². The van der Waals surface area contributed by atoms with Gasteiger partial charge in [-0.1, -0.05) is 0 Å². The monoisotopic (exact) mass is 243 g/mol. The number of hydrogen-bond acceptors (Lipinski definition) is 3. The van der Waals surface area contributed by atoms with Crippen LogP contribution >= 0.6 is 0 Å². The lowest BCUT2D eigenvalue weighted by Crippen LogP contribution is -2.53. The van der Waals surface area contributed by atoms with Crippen LogP contribution in [0.1, 0.15) is 13.8 Å². The van der Waals surface area contributed by atoms with Gasteiger partial charge in [0.1, 0.15) is 6.61 Å². The van der Waals surface area contributed by atoms with Gasteiger partial charge in [0.2, 0.25) is 5.91 Å². The minimum atomic E-state index is -0.0515. The molecule has 1 heterocycles. The van der Waals surface area contributed by atoms with Crippen molar-refractivity contribution in [3.05, 3.63) is 0 Å². The summed E-state index contributed by atoms with van der Waals surface area (Å²) < 4.78 is 5.08. The Bertz CT molecular complexity index is 263. The van der Waals surface area contributed by atoms with E-state index in [2.05, 4.69) is 5.32 Å². The van der Waals surface area contributed by atoms with Crippen molar-refractivity contribution >= 4 is 11.9 Å². The molecule has 1 rings (SSSR count). The highest BCUT2D eigenvalue weighted by molar-refractivity contribution is 5.78. The van der Waals surface area contributed by atoms with Gasteiger partial charge in [-0.25, -0.2) is 4.79 Å². The van der Waals surface area contributed by atoms with Crippen LogP contribution in [0.3, 0.4) is 0 Å². The minimum Gasteiger partial charge on any atom is -0.372 e. The van der Waals surface area contributed by atoms with Gasteiger partial charge < -0.3 is 19.9 Å². The smallest absolute Gasteiger partial charge is 0.317 e. The van der Waals surface area contributed by atoms with E-state index in [0.29, 0.717) is 39.3 Å². The molecule has 0 aromatic heterocycles. The Morgan fingerprint density at radius 1 is 1.12 bits per heavy atom. The molecule has 3 amide bonds. The van der Waals surface area contributed by atoms with Gasteiger partial charge in [-0.05, 0) is 13.8 Å². The van der Waals surface area contributed by atoms with Crippen molar-refractivity contribution < 1.29 is 14.3 Å². The molecule has 17 heavy (non-hydrogen) atoms. The van der Waals surface area contributed by atoms with E-state index in [-0.39, 0.29) is 18.5 Å². The third-order valence-corrected chi connectivity index (χ3v) is 2.68. The lowest BCUT2D eigenvalue weighted by Gasteiger charge is -2.34. The van der Waals surface area contributed by atoms with Gasteiger partial charge in [-0.3, -0.25) is 4.79 Å². The number of carbonyl (C=O) groups excluding carboxylic acids is 2. The predicted octanol–water partition coefficient (Wildman–Crippen LogP) is -0.103. The number of amides is 3. The second kappa shape index (κ2) is 7.11. The molecule has 0 aromatic carbocycles. The van der Waals surface area contributed by atoms with Crippen molar-refractivity contribution in [3.63, 3.8) is 0 Å². The summed E-state index contributed by atoms with van der Waals surface area (Å²) in [5.41, 5.74) is 0. The van der Waals surface area contributed by atoms with Crippen LogP contribution in [0, 0.1) is 0 Å². The average Bonchev–Trinajstić information content (AvgIpc) is 2.36. The molecule has 0 atom stereocenters. The normalized spacial score (nSPS) is 15.9. The van der Waals surface area contributed by atoms with Crippen LogP contribution in [0.4, 0.5) is 4.79 Å². The summed E-state index contributed by atoms with van der Waals surface area (Å²) in [7, 11) is 0. The molecule has 0 bridgehead atoms. The summed E-state index contributed by atoms with van der Waals surface area (Å²) in [6.45, 7) is 7.41. The number of carbonyl (C=O) groups is 2. The first-order valence-electron chi connectivity index (χ1n) is 6.07. The second-order valence-corrected chi connectivity index (χ2v) is 3.84. The minimum absolute atomic E-state index is 0.00222. The first-order chi connectivity index (χ1) is 8.19. The molecule has 1 N–H and O–H groups in total. The van der Waals surface area contributed by atoms with Crippen LogP contribution in [-0.2, 0) is 9.53 Å². The van der Waals surface area contributed by atoms with Crippen LogP contribution < -0.4 is 5.32 Å². The Morgan fingerprint density at radius 2 is 1.71 bits per heavy atom. The summed E-state index contributed by atoms with van der Waals surface area (Å²) in [5.74, 6) is 0.00222. The Morgan fingerprint density at radius 3 is 2.24 bits per heavy atom. The van der Waals surface area contributed by atoms with Crippen molar-refractivity contribution in [1.29, 1.82) is 0 Å². The molecule has 0 aromatic rings. The van der Waals surface area contributed by atoms with Crippen molar-refractivity contribution in [2.75, 3.05) is 45.9 Å².